The SMILES string of the molecule is CC(=O)N1CCC(C(C)(C)C)CC1. The van der Waals surface area contributed by atoms with Crippen molar-refractivity contribution in [2.75, 3.05) is 13.1 Å². The van der Waals surface area contributed by atoms with Crippen molar-refractivity contribution >= 4 is 5.91 Å². The van der Waals surface area contributed by atoms with Gasteiger partial charge in [-0.25, -0.2) is 0 Å². The Morgan fingerprint density at radius 1 is 1.23 bits per heavy atom. The third-order valence-corrected chi connectivity index (χ3v) is 3.17. The number of amides is 1. The molecule has 0 aromatic carbocycles. The second-order valence-corrected chi connectivity index (χ2v) is 5.15. The largest absolute Gasteiger partial charge is 0.343 e. The molecule has 1 rings (SSSR count). The van der Waals surface area contributed by atoms with Crippen molar-refractivity contribution in [1.82, 2.24) is 4.90 Å². The molecule has 13 heavy (non-hydrogen) atoms. The van der Waals surface area contributed by atoms with Gasteiger partial charge < -0.3 is 4.90 Å². The van der Waals surface area contributed by atoms with E-state index in [1.807, 2.05) is 4.90 Å². The summed E-state index contributed by atoms with van der Waals surface area (Å²) >= 11 is 0. The molecule has 0 aromatic rings. The summed E-state index contributed by atoms with van der Waals surface area (Å²) in [6, 6.07) is 0. The predicted molar refractivity (Wildman–Crippen MR) is 54.4 cm³/mol. The van der Waals surface area contributed by atoms with Gasteiger partial charge in [-0.15, -0.1) is 0 Å². The summed E-state index contributed by atoms with van der Waals surface area (Å²) in [7, 11) is 0. The minimum absolute atomic E-state index is 0.229. The van der Waals surface area contributed by atoms with Crippen LogP contribution in [0.4, 0.5) is 0 Å². The van der Waals surface area contributed by atoms with Crippen LogP contribution in [0.25, 0.3) is 0 Å². The molecular weight excluding hydrogens is 162 g/mol. The number of carbonyl (C=O) groups excluding carboxylic acids is 1. The molecule has 0 atom stereocenters. The molecule has 1 fully saturated rings. The third-order valence-electron chi connectivity index (χ3n) is 3.17. The van der Waals surface area contributed by atoms with Gasteiger partial charge >= 0.3 is 0 Å². The second-order valence-electron chi connectivity index (χ2n) is 5.15. The fraction of sp³-hybridized carbons (Fsp3) is 0.909. The van der Waals surface area contributed by atoms with Gasteiger partial charge in [-0.05, 0) is 24.2 Å². The average molecular weight is 183 g/mol. The molecule has 1 amide bonds. The molecule has 76 valence electrons. The van der Waals surface area contributed by atoms with E-state index in [1.165, 1.54) is 12.8 Å². The normalized spacial score (nSPS) is 20.5. The van der Waals surface area contributed by atoms with Crippen LogP contribution in [0.1, 0.15) is 40.5 Å². The van der Waals surface area contributed by atoms with Crippen molar-refractivity contribution in [3.8, 4) is 0 Å². The van der Waals surface area contributed by atoms with E-state index in [4.69, 9.17) is 0 Å². The Morgan fingerprint density at radius 3 is 2.00 bits per heavy atom. The minimum Gasteiger partial charge on any atom is -0.343 e. The molecule has 0 saturated carbocycles. The Morgan fingerprint density at radius 2 is 1.69 bits per heavy atom. The minimum atomic E-state index is 0.229. The Hall–Kier alpha value is -0.530. The molecule has 0 unspecified atom stereocenters. The number of nitrogens with zero attached hydrogens (tertiary/aromatic N) is 1. The molecule has 1 heterocycles. The Bertz CT molecular complexity index is 185. The Kier molecular flexibility index (Phi) is 2.99. The summed E-state index contributed by atoms with van der Waals surface area (Å²) in [6.07, 6.45) is 2.34. The van der Waals surface area contributed by atoms with Crippen LogP contribution in [0, 0.1) is 11.3 Å². The maximum Gasteiger partial charge on any atom is 0.219 e. The summed E-state index contributed by atoms with van der Waals surface area (Å²) < 4.78 is 0. The standard InChI is InChI=1S/C11H21NO/c1-9(13)12-7-5-10(6-8-12)11(2,3)4/h10H,5-8H2,1-4H3. The third kappa shape index (κ3) is 2.71. The first-order chi connectivity index (χ1) is 5.91. The Balaban J connectivity index is 2.44. The highest BCUT2D eigenvalue weighted by molar-refractivity contribution is 5.73. The number of rotatable bonds is 0. The molecule has 0 radical (unpaired) electrons. The molecule has 0 aromatic heterocycles. The van der Waals surface area contributed by atoms with Crippen LogP contribution in [0.3, 0.4) is 0 Å². The van der Waals surface area contributed by atoms with Crippen molar-refractivity contribution in [3.63, 3.8) is 0 Å². The van der Waals surface area contributed by atoms with Crippen LogP contribution < -0.4 is 0 Å². The van der Waals surface area contributed by atoms with Gasteiger partial charge in [0.15, 0.2) is 0 Å². The number of hydrogen-bond donors (Lipinski definition) is 0. The maximum atomic E-state index is 11.1. The highest BCUT2D eigenvalue weighted by Gasteiger charge is 2.29. The van der Waals surface area contributed by atoms with E-state index in [1.54, 1.807) is 6.92 Å². The first-order valence-electron chi connectivity index (χ1n) is 5.17. The monoisotopic (exact) mass is 183 g/mol. The van der Waals surface area contributed by atoms with Crippen molar-refractivity contribution in [1.29, 1.82) is 0 Å². The molecule has 1 aliphatic rings. The van der Waals surface area contributed by atoms with Gasteiger partial charge in [-0.2, -0.15) is 0 Å². The van der Waals surface area contributed by atoms with Crippen molar-refractivity contribution < 1.29 is 4.79 Å². The Labute approximate surface area is 81.3 Å². The molecule has 0 aliphatic carbocycles. The average Bonchev–Trinajstić information content (AvgIpc) is 2.03. The number of piperidine rings is 1. The van der Waals surface area contributed by atoms with E-state index in [-0.39, 0.29) is 5.91 Å². The summed E-state index contributed by atoms with van der Waals surface area (Å²) in [4.78, 5) is 13.0. The van der Waals surface area contributed by atoms with Gasteiger partial charge in [0.1, 0.15) is 0 Å². The molecule has 2 nitrogen and oxygen atoms in total. The first kappa shape index (κ1) is 10.6. The summed E-state index contributed by atoms with van der Waals surface area (Å²) in [5, 5.41) is 0. The van der Waals surface area contributed by atoms with Crippen LogP contribution in [0.5, 0.6) is 0 Å². The molecule has 0 spiro atoms. The van der Waals surface area contributed by atoms with Crippen molar-refractivity contribution in [2.45, 2.75) is 40.5 Å². The fourth-order valence-corrected chi connectivity index (χ4v) is 2.06. The van der Waals surface area contributed by atoms with Gasteiger partial charge in [-0.3, -0.25) is 4.79 Å². The maximum absolute atomic E-state index is 11.1. The molecule has 1 saturated heterocycles. The number of hydrogen-bond acceptors (Lipinski definition) is 1. The summed E-state index contributed by atoms with van der Waals surface area (Å²) in [6.45, 7) is 10.5. The smallest absolute Gasteiger partial charge is 0.219 e. The van der Waals surface area contributed by atoms with Crippen LogP contribution in [0.15, 0.2) is 0 Å². The van der Waals surface area contributed by atoms with E-state index >= 15 is 0 Å². The second kappa shape index (κ2) is 3.69. The van der Waals surface area contributed by atoms with E-state index < -0.39 is 0 Å². The van der Waals surface area contributed by atoms with Crippen LogP contribution in [-0.4, -0.2) is 23.9 Å². The van der Waals surface area contributed by atoms with Crippen molar-refractivity contribution in [3.05, 3.63) is 0 Å². The van der Waals surface area contributed by atoms with E-state index in [0.717, 1.165) is 19.0 Å². The van der Waals surface area contributed by atoms with E-state index in [0.29, 0.717) is 5.41 Å². The quantitative estimate of drug-likeness (QED) is 0.564. The zero-order valence-electron chi connectivity index (χ0n) is 9.26. The van der Waals surface area contributed by atoms with Crippen LogP contribution >= 0.6 is 0 Å². The molecule has 0 bridgehead atoms. The van der Waals surface area contributed by atoms with E-state index in [9.17, 15) is 4.79 Å². The zero-order valence-corrected chi connectivity index (χ0v) is 9.26. The summed E-state index contributed by atoms with van der Waals surface area (Å²) in [5.41, 5.74) is 0.406. The molecule has 2 heteroatoms. The lowest BCUT2D eigenvalue weighted by atomic mass is 9.75. The fourth-order valence-electron chi connectivity index (χ4n) is 2.06. The van der Waals surface area contributed by atoms with Gasteiger partial charge in [0.25, 0.3) is 0 Å². The topological polar surface area (TPSA) is 20.3 Å². The molecule has 0 N–H and O–H groups in total. The number of carbonyl (C=O) groups is 1. The lowest BCUT2D eigenvalue weighted by Crippen LogP contribution is -2.40. The molecule has 1 aliphatic heterocycles. The number of likely N-dealkylation sites (tertiary alicyclic amines) is 1. The van der Waals surface area contributed by atoms with Gasteiger partial charge in [0.05, 0.1) is 0 Å². The van der Waals surface area contributed by atoms with Gasteiger partial charge in [-0.1, -0.05) is 20.8 Å². The highest BCUT2D eigenvalue weighted by Crippen LogP contribution is 2.34. The van der Waals surface area contributed by atoms with E-state index in [2.05, 4.69) is 20.8 Å². The first-order valence-corrected chi connectivity index (χ1v) is 5.17. The van der Waals surface area contributed by atoms with Gasteiger partial charge in [0, 0.05) is 20.0 Å². The van der Waals surface area contributed by atoms with Crippen LogP contribution in [-0.2, 0) is 4.79 Å². The van der Waals surface area contributed by atoms with Crippen molar-refractivity contribution in [2.24, 2.45) is 11.3 Å². The lowest BCUT2D eigenvalue weighted by molar-refractivity contribution is -0.130. The predicted octanol–water partition coefficient (Wildman–Crippen LogP) is 2.29. The molecular formula is C11H21NO. The zero-order chi connectivity index (χ0) is 10.1. The van der Waals surface area contributed by atoms with Crippen LogP contribution in [0.2, 0.25) is 0 Å². The summed E-state index contributed by atoms with van der Waals surface area (Å²) in [5.74, 6) is 1.01. The highest BCUT2D eigenvalue weighted by atomic mass is 16.2. The van der Waals surface area contributed by atoms with Gasteiger partial charge in [0.2, 0.25) is 5.91 Å². The lowest BCUT2D eigenvalue weighted by Gasteiger charge is -2.38.